The van der Waals surface area contributed by atoms with E-state index in [1.165, 1.54) is 0 Å². The van der Waals surface area contributed by atoms with Crippen molar-refractivity contribution in [2.24, 2.45) is 0 Å². The molecular weight excluding hydrogens is 153 g/mol. The summed E-state index contributed by atoms with van der Waals surface area (Å²) in [5, 5.41) is 0. The Labute approximate surface area is 88.9 Å². The van der Waals surface area contributed by atoms with Crippen LogP contribution >= 0.6 is 0 Å². The van der Waals surface area contributed by atoms with Gasteiger partial charge in [0.05, 0.1) is 0 Å². The molecule has 0 spiro atoms. The van der Waals surface area contributed by atoms with Gasteiger partial charge in [0.2, 0.25) is 0 Å². The number of pyridine rings is 1. The van der Waals surface area contributed by atoms with Gasteiger partial charge in [-0.1, -0.05) is 6.07 Å². The van der Waals surface area contributed by atoms with Crippen LogP contribution in [-0.4, -0.2) is 10.7 Å². The Kier molecular flexibility index (Phi) is 6.54. The standard InChI is InChI=1S/C7H9NS.Na/c9-6-4-7-3-1-2-5-8-7;/h1-3,5,9H,4,6H2;/q;+1/p-1. The molecule has 0 radical (unpaired) electrons. The van der Waals surface area contributed by atoms with Crippen LogP contribution in [0.15, 0.2) is 24.4 Å². The topological polar surface area (TPSA) is 12.9 Å². The van der Waals surface area contributed by atoms with Crippen LogP contribution < -0.4 is 29.6 Å². The summed E-state index contributed by atoms with van der Waals surface area (Å²) < 4.78 is 0. The fourth-order valence-corrected chi connectivity index (χ4v) is 0.860. The molecule has 0 N–H and O–H groups in total. The van der Waals surface area contributed by atoms with E-state index in [2.05, 4.69) is 4.98 Å². The zero-order valence-corrected chi connectivity index (χ0v) is 8.90. The first-order valence-electron chi connectivity index (χ1n) is 2.91. The first kappa shape index (κ1) is 10.5. The molecule has 0 aromatic carbocycles. The van der Waals surface area contributed by atoms with Crippen LogP contribution in [0.3, 0.4) is 0 Å². The summed E-state index contributed by atoms with van der Waals surface area (Å²) in [5.41, 5.74) is 1.09. The number of rotatable bonds is 2. The zero-order chi connectivity index (χ0) is 6.53. The largest absolute Gasteiger partial charge is 1.00 e. The first-order valence-corrected chi connectivity index (χ1v) is 3.49. The minimum Gasteiger partial charge on any atom is -0.792 e. The smallest absolute Gasteiger partial charge is 0.792 e. The van der Waals surface area contributed by atoms with Crippen molar-refractivity contribution in [1.82, 2.24) is 4.98 Å². The summed E-state index contributed by atoms with van der Waals surface area (Å²) in [6, 6.07) is 5.88. The first-order chi connectivity index (χ1) is 4.43. The molecule has 10 heavy (non-hydrogen) atoms. The molecule has 1 aromatic heterocycles. The molecule has 0 aliphatic heterocycles. The number of aryl methyl sites for hydroxylation is 1. The molecule has 1 rings (SSSR count). The van der Waals surface area contributed by atoms with Crippen molar-refractivity contribution in [3.8, 4) is 0 Å². The summed E-state index contributed by atoms with van der Waals surface area (Å²) in [4.78, 5) is 4.10. The second-order valence-electron chi connectivity index (χ2n) is 1.78. The molecule has 48 valence electrons. The van der Waals surface area contributed by atoms with Gasteiger partial charge < -0.3 is 12.6 Å². The van der Waals surface area contributed by atoms with Crippen LogP contribution in [0.2, 0.25) is 0 Å². The Hall–Kier alpha value is 0.500. The average Bonchev–Trinajstić information content (AvgIpc) is 1.91. The molecule has 0 aliphatic rings. The van der Waals surface area contributed by atoms with Gasteiger partial charge in [-0.05, 0) is 18.6 Å². The molecule has 0 amide bonds. The van der Waals surface area contributed by atoms with Crippen molar-refractivity contribution in [2.75, 3.05) is 5.75 Å². The Morgan fingerprint density at radius 3 is 2.70 bits per heavy atom. The quantitative estimate of drug-likeness (QED) is 0.374. The minimum atomic E-state index is 0. The molecule has 0 aliphatic carbocycles. The summed E-state index contributed by atoms with van der Waals surface area (Å²) >= 11 is 4.79. The number of nitrogens with zero attached hydrogens (tertiary/aromatic N) is 1. The molecule has 0 unspecified atom stereocenters. The maximum absolute atomic E-state index is 4.79. The normalized spacial score (nSPS) is 8.50. The van der Waals surface area contributed by atoms with Crippen LogP contribution in [-0.2, 0) is 19.0 Å². The van der Waals surface area contributed by atoms with E-state index in [0.29, 0.717) is 0 Å². The Balaban J connectivity index is 0.000000810. The van der Waals surface area contributed by atoms with Gasteiger partial charge in [0.25, 0.3) is 0 Å². The zero-order valence-electron chi connectivity index (χ0n) is 6.08. The van der Waals surface area contributed by atoms with Crippen LogP contribution in [0.1, 0.15) is 5.69 Å². The Bertz CT molecular complexity index is 167. The summed E-state index contributed by atoms with van der Waals surface area (Å²) in [6.07, 6.45) is 2.70. The van der Waals surface area contributed by atoms with Crippen LogP contribution in [0.5, 0.6) is 0 Å². The van der Waals surface area contributed by atoms with E-state index in [1.807, 2.05) is 18.2 Å². The predicted molar refractivity (Wildman–Crippen MR) is 40.2 cm³/mol. The second-order valence-corrected chi connectivity index (χ2v) is 2.18. The van der Waals surface area contributed by atoms with Crippen molar-refractivity contribution in [1.29, 1.82) is 0 Å². The van der Waals surface area contributed by atoms with Gasteiger partial charge in [0.1, 0.15) is 0 Å². The second kappa shape index (κ2) is 6.23. The predicted octanol–water partition coefficient (Wildman–Crippen LogP) is -1.82. The van der Waals surface area contributed by atoms with E-state index < -0.39 is 0 Å². The van der Waals surface area contributed by atoms with Gasteiger partial charge in [-0.3, -0.25) is 4.98 Å². The van der Waals surface area contributed by atoms with Gasteiger partial charge in [-0.25, -0.2) is 0 Å². The number of hydrogen-bond acceptors (Lipinski definition) is 2. The summed E-state index contributed by atoms with van der Waals surface area (Å²) in [6.45, 7) is 0. The van der Waals surface area contributed by atoms with Crippen molar-refractivity contribution >= 4 is 12.6 Å². The molecule has 0 atom stereocenters. The monoisotopic (exact) mass is 161 g/mol. The van der Waals surface area contributed by atoms with Gasteiger partial charge in [0, 0.05) is 11.9 Å². The van der Waals surface area contributed by atoms with Crippen LogP contribution in [0.25, 0.3) is 0 Å². The van der Waals surface area contributed by atoms with E-state index >= 15 is 0 Å². The third-order valence-electron chi connectivity index (χ3n) is 1.08. The van der Waals surface area contributed by atoms with E-state index in [-0.39, 0.29) is 29.6 Å². The van der Waals surface area contributed by atoms with E-state index in [0.717, 1.165) is 17.9 Å². The van der Waals surface area contributed by atoms with Crippen molar-refractivity contribution in [2.45, 2.75) is 6.42 Å². The fraction of sp³-hybridized carbons (Fsp3) is 0.286. The van der Waals surface area contributed by atoms with E-state index in [1.54, 1.807) is 6.20 Å². The minimum absolute atomic E-state index is 0. The van der Waals surface area contributed by atoms with E-state index in [9.17, 15) is 0 Å². The molecule has 1 aromatic rings. The molecule has 0 fully saturated rings. The summed E-state index contributed by atoms with van der Waals surface area (Å²) in [7, 11) is 0. The Morgan fingerprint density at radius 1 is 1.40 bits per heavy atom. The van der Waals surface area contributed by atoms with Gasteiger partial charge in [-0.2, -0.15) is 5.75 Å². The SMILES string of the molecule is [Na+].[S-]CCc1ccccn1. The van der Waals surface area contributed by atoms with Crippen LogP contribution in [0, 0.1) is 0 Å². The van der Waals surface area contributed by atoms with Gasteiger partial charge in [0.15, 0.2) is 0 Å². The van der Waals surface area contributed by atoms with Gasteiger partial charge in [-0.15, -0.1) is 0 Å². The Morgan fingerprint density at radius 2 is 2.20 bits per heavy atom. The molecule has 3 heteroatoms. The summed E-state index contributed by atoms with van der Waals surface area (Å²) in [5.74, 6) is 0.761. The molecule has 1 nitrogen and oxygen atoms in total. The van der Waals surface area contributed by atoms with Crippen molar-refractivity contribution < 1.29 is 29.6 Å². The molecule has 0 bridgehead atoms. The third-order valence-corrected chi connectivity index (χ3v) is 1.29. The van der Waals surface area contributed by atoms with Crippen molar-refractivity contribution in [3.63, 3.8) is 0 Å². The number of aromatic nitrogens is 1. The maximum Gasteiger partial charge on any atom is 1.00 e. The molecule has 0 saturated heterocycles. The van der Waals surface area contributed by atoms with Crippen LogP contribution in [0.4, 0.5) is 0 Å². The van der Waals surface area contributed by atoms with Gasteiger partial charge >= 0.3 is 29.6 Å². The maximum atomic E-state index is 4.79. The molecular formula is C7H8NNaS. The average molecular weight is 161 g/mol. The van der Waals surface area contributed by atoms with E-state index in [4.69, 9.17) is 12.6 Å². The molecule has 0 saturated carbocycles. The molecule has 1 heterocycles. The van der Waals surface area contributed by atoms with Crippen molar-refractivity contribution in [3.05, 3.63) is 30.1 Å². The number of hydrogen-bond donors (Lipinski definition) is 0. The fourth-order valence-electron chi connectivity index (χ4n) is 0.651. The third kappa shape index (κ3) is 3.62.